The van der Waals surface area contributed by atoms with Gasteiger partial charge in [-0.05, 0) is 42.7 Å². The number of aryl methyl sites for hydroxylation is 2. The van der Waals surface area contributed by atoms with Gasteiger partial charge < -0.3 is 10.4 Å². The Morgan fingerprint density at radius 1 is 1.08 bits per heavy atom. The van der Waals surface area contributed by atoms with Gasteiger partial charge >= 0.3 is 5.97 Å². The van der Waals surface area contributed by atoms with Gasteiger partial charge in [0, 0.05) is 10.9 Å². The minimum absolute atomic E-state index is 0.0821. The predicted molar refractivity (Wildman–Crippen MR) is 106 cm³/mol. The monoisotopic (exact) mass is 385 g/mol. The highest BCUT2D eigenvalue weighted by Crippen LogP contribution is 2.36. The zero-order chi connectivity index (χ0) is 18.8. The summed E-state index contributed by atoms with van der Waals surface area (Å²) in [4.78, 5) is 24.3. The third kappa shape index (κ3) is 3.49. The molecule has 0 radical (unpaired) electrons. The number of halogens is 1. The van der Waals surface area contributed by atoms with E-state index in [4.69, 9.17) is 11.6 Å². The van der Waals surface area contributed by atoms with Gasteiger partial charge in [-0.25, -0.2) is 4.79 Å². The Balaban J connectivity index is 2.00. The first-order chi connectivity index (χ1) is 12.4. The summed E-state index contributed by atoms with van der Waals surface area (Å²) in [6, 6.07) is 12.4. The van der Waals surface area contributed by atoms with Crippen molar-refractivity contribution in [2.75, 3.05) is 5.32 Å². The van der Waals surface area contributed by atoms with Crippen molar-refractivity contribution in [3.63, 3.8) is 0 Å². The predicted octanol–water partition coefficient (Wildman–Crippen LogP) is 5.64. The molecule has 2 N–H and O–H groups in total. The second-order valence-electron chi connectivity index (χ2n) is 5.89. The Morgan fingerprint density at radius 2 is 1.81 bits per heavy atom. The quantitative estimate of drug-likeness (QED) is 0.611. The number of anilines is 1. The molecule has 0 aliphatic rings. The van der Waals surface area contributed by atoms with Gasteiger partial charge in [-0.2, -0.15) is 0 Å². The fraction of sp³-hybridized carbons (Fsp3) is 0.100. The zero-order valence-corrected chi connectivity index (χ0v) is 15.7. The fourth-order valence-electron chi connectivity index (χ4n) is 2.60. The molecule has 6 heteroatoms. The van der Waals surface area contributed by atoms with Crippen molar-refractivity contribution < 1.29 is 14.7 Å². The van der Waals surface area contributed by atoms with Gasteiger partial charge in [0.15, 0.2) is 0 Å². The molecular weight excluding hydrogens is 370 g/mol. The molecule has 0 fully saturated rings. The summed E-state index contributed by atoms with van der Waals surface area (Å²) < 4.78 is 0. The average Bonchev–Trinajstić information content (AvgIpc) is 3.01. The summed E-state index contributed by atoms with van der Waals surface area (Å²) in [5.41, 5.74) is 3.98. The first-order valence-corrected chi connectivity index (χ1v) is 9.12. The second-order valence-corrected chi connectivity index (χ2v) is 7.18. The molecule has 0 atom stereocenters. The molecule has 0 spiro atoms. The standard InChI is InChI=1S/C20H16ClNO3S/c1-11-7-8-13(9-12(11)2)15-10-26-19(17(15)20(24)25)22-18(23)14-5-3-4-6-16(14)21/h3-10H,1-2H3,(H,22,23)(H,24,25). The molecule has 0 aliphatic carbocycles. The van der Waals surface area contributed by atoms with Crippen LogP contribution < -0.4 is 5.32 Å². The van der Waals surface area contributed by atoms with Crippen LogP contribution in [0.4, 0.5) is 5.00 Å². The molecule has 4 nitrogen and oxygen atoms in total. The minimum Gasteiger partial charge on any atom is -0.478 e. The summed E-state index contributed by atoms with van der Waals surface area (Å²) in [7, 11) is 0. The number of rotatable bonds is 4. The highest BCUT2D eigenvalue weighted by molar-refractivity contribution is 7.15. The smallest absolute Gasteiger partial charge is 0.339 e. The van der Waals surface area contributed by atoms with Crippen molar-refractivity contribution in [3.8, 4) is 11.1 Å². The van der Waals surface area contributed by atoms with Gasteiger partial charge in [0.25, 0.3) is 5.91 Å². The van der Waals surface area contributed by atoms with E-state index in [1.54, 1.807) is 29.6 Å². The van der Waals surface area contributed by atoms with Gasteiger partial charge in [-0.1, -0.05) is 41.9 Å². The lowest BCUT2D eigenvalue weighted by atomic mass is 9.99. The van der Waals surface area contributed by atoms with E-state index in [-0.39, 0.29) is 10.6 Å². The molecule has 0 saturated carbocycles. The van der Waals surface area contributed by atoms with E-state index in [1.807, 2.05) is 32.0 Å². The maximum absolute atomic E-state index is 12.5. The SMILES string of the molecule is Cc1ccc(-c2csc(NC(=O)c3ccccc3Cl)c2C(=O)O)cc1C. The molecule has 0 aliphatic heterocycles. The van der Waals surface area contributed by atoms with Gasteiger partial charge in [-0.15, -0.1) is 11.3 Å². The average molecular weight is 386 g/mol. The summed E-state index contributed by atoms with van der Waals surface area (Å²) >= 11 is 7.23. The lowest BCUT2D eigenvalue weighted by Crippen LogP contribution is -2.14. The number of carboxylic acid groups (broad SMARTS) is 1. The Labute approximate surface area is 160 Å². The molecule has 3 aromatic rings. The van der Waals surface area contributed by atoms with Crippen molar-refractivity contribution in [1.82, 2.24) is 0 Å². The van der Waals surface area contributed by atoms with Crippen LogP contribution in [-0.4, -0.2) is 17.0 Å². The second kappa shape index (κ2) is 7.32. The largest absolute Gasteiger partial charge is 0.478 e. The maximum Gasteiger partial charge on any atom is 0.339 e. The number of thiophene rings is 1. The van der Waals surface area contributed by atoms with Crippen LogP contribution >= 0.6 is 22.9 Å². The third-order valence-corrected chi connectivity index (χ3v) is 5.39. The maximum atomic E-state index is 12.5. The topological polar surface area (TPSA) is 66.4 Å². The van der Waals surface area contributed by atoms with Crippen LogP contribution in [0, 0.1) is 13.8 Å². The number of aromatic carboxylic acids is 1. The van der Waals surface area contributed by atoms with Crippen LogP contribution in [0.2, 0.25) is 5.02 Å². The summed E-state index contributed by atoms with van der Waals surface area (Å²) in [6.45, 7) is 3.98. The van der Waals surface area contributed by atoms with Crippen molar-refractivity contribution in [2.45, 2.75) is 13.8 Å². The molecule has 1 aromatic heterocycles. The molecular formula is C20H16ClNO3S. The van der Waals surface area contributed by atoms with E-state index in [0.29, 0.717) is 16.1 Å². The van der Waals surface area contributed by atoms with Gasteiger partial charge in [-0.3, -0.25) is 4.79 Å². The number of hydrogen-bond donors (Lipinski definition) is 2. The van der Waals surface area contributed by atoms with Gasteiger partial charge in [0.1, 0.15) is 10.6 Å². The van der Waals surface area contributed by atoms with E-state index in [0.717, 1.165) is 16.7 Å². The molecule has 1 amide bonds. The lowest BCUT2D eigenvalue weighted by molar-refractivity contribution is 0.0699. The lowest BCUT2D eigenvalue weighted by Gasteiger charge is -2.08. The summed E-state index contributed by atoms with van der Waals surface area (Å²) in [5, 5.41) is 14.7. The molecule has 0 bridgehead atoms. The minimum atomic E-state index is -1.09. The van der Waals surface area contributed by atoms with E-state index in [1.165, 1.54) is 11.3 Å². The van der Waals surface area contributed by atoms with Crippen LogP contribution in [0.3, 0.4) is 0 Å². The van der Waals surface area contributed by atoms with Gasteiger partial charge in [0.05, 0.1) is 10.6 Å². The van der Waals surface area contributed by atoms with Crippen LogP contribution in [0.1, 0.15) is 31.8 Å². The summed E-state index contributed by atoms with van der Waals surface area (Å²) in [5.74, 6) is -1.53. The van der Waals surface area contributed by atoms with E-state index in [9.17, 15) is 14.7 Å². The first-order valence-electron chi connectivity index (χ1n) is 7.86. The molecule has 3 rings (SSSR count). The highest BCUT2D eigenvalue weighted by Gasteiger charge is 2.22. The van der Waals surface area contributed by atoms with Crippen molar-refractivity contribution in [2.24, 2.45) is 0 Å². The van der Waals surface area contributed by atoms with Crippen molar-refractivity contribution in [1.29, 1.82) is 0 Å². The van der Waals surface area contributed by atoms with Crippen LogP contribution in [0.25, 0.3) is 11.1 Å². The van der Waals surface area contributed by atoms with Crippen molar-refractivity contribution in [3.05, 3.63) is 75.1 Å². The number of hydrogen-bond acceptors (Lipinski definition) is 3. The number of benzene rings is 2. The van der Waals surface area contributed by atoms with Crippen LogP contribution in [0.5, 0.6) is 0 Å². The molecule has 132 valence electrons. The first kappa shape index (κ1) is 18.2. The third-order valence-electron chi connectivity index (χ3n) is 4.17. The van der Waals surface area contributed by atoms with Crippen LogP contribution in [-0.2, 0) is 0 Å². The normalized spacial score (nSPS) is 10.6. The van der Waals surface area contributed by atoms with Gasteiger partial charge in [0.2, 0.25) is 0 Å². The van der Waals surface area contributed by atoms with Crippen LogP contribution in [0.15, 0.2) is 47.8 Å². The Bertz CT molecular complexity index is 1010. The molecule has 0 unspecified atom stereocenters. The number of nitrogens with one attached hydrogen (secondary N) is 1. The van der Waals surface area contributed by atoms with Crippen molar-refractivity contribution >= 4 is 39.8 Å². The highest BCUT2D eigenvalue weighted by atomic mass is 35.5. The molecule has 26 heavy (non-hydrogen) atoms. The van der Waals surface area contributed by atoms with E-state index >= 15 is 0 Å². The number of carboxylic acids is 1. The number of amides is 1. The Morgan fingerprint density at radius 3 is 2.46 bits per heavy atom. The molecule has 1 heterocycles. The Kier molecular flexibility index (Phi) is 5.11. The molecule has 0 saturated heterocycles. The molecule has 2 aromatic carbocycles. The fourth-order valence-corrected chi connectivity index (χ4v) is 3.78. The van der Waals surface area contributed by atoms with E-state index < -0.39 is 11.9 Å². The number of carbonyl (C=O) groups excluding carboxylic acids is 1. The summed E-state index contributed by atoms with van der Waals surface area (Å²) in [6.07, 6.45) is 0. The van der Waals surface area contributed by atoms with E-state index in [2.05, 4.69) is 5.32 Å². The number of carbonyl (C=O) groups is 2. The Hall–Kier alpha value is -2.63. The zero-order valence-electron chi connectivity index (χ0n) is 14.2.